The molecule has 0 saturated heterocycles. The van der Waals surface area contributed by atoms with Crippen LogP contribution in [-0.2, 0) is 0 Å². The van der Waals surface area contributed by atoms with E-state index < -0.39 is 0 Å². The first-order valence-corrected chi connectivity index (χ1v) is 7.27. The highest BCUT2D eigenvalue weighted by molar-refractivity contribution is 7.71. The van der Waals surface area contributed by atoms with Gasteiger partial charge in [0, 0.05) is 6.04 Å². The third-order valence-electron chi connectivity index (χ3n) is 4.06. The van der Waals surface area contributed by atoms with Crippen LogP contribution in [0.3, 0.4) is 0 Å². The van der Waals surface area contributed by atoms with Crippen molar-refractivity contribution in [2.45, 2.75) is 45.1 Å². The van der Waals surface area contributed by atoms with Gasteiger partial charge in [-0.15, -0.1) is 0 Å². The van der Waals surface area contributed by atoms with E-state index in [0.29, 0.717) is 16.7 Å². The molecular weight excluding hydrogens is 256 g/mol. The van der Waals surface area contributed by atoms with E-state index in [4.69, 9.17) is 12.2 Å². The number of aromatic amines is 1. The highest BCUT2D eigenvalue weighted by Crippen LogP contribution is 2.30. The van der Waals surface area contributed by atoms with E-state index in [9.17, 15) is 4.79 Å². The molecule has 1 aromatic carbocycles. The van der Waals surface area contributed by atoms with Gasteiger partial charge in [0.25, 0.3) is 5.56 Å². The summed E-state index contributed by atoms with van der Waals surface area (Å²) >= 11 is 5.34. The van der Waals surface area contributed by atoms with Crippen molar-refractivity contribution in [2.75, 3.05) is 0 Å². The van der Waals surface area contributed by atoms with Crippen molar-refractivity contribution in [3.05, 3.63) is 38.9 Å². The molecule has 1 aliphatic carbocycles. The lowest BCUT2D eigenvalue weighted by molar-refractivity contribution is 0.302. The Hall–Kier alpha value is -1.42. The molecule has 19 heavy (non-hydrogen) atoms. The Morgan fingerprint density at radius 3 is 2.68 bits per heavy atom. The lowest BCUT2D eigenvalue weighted by Crippen LogP contribution is -2.30. The van der Waals surface area contributed by atoms with Gasteiger partial charge in [-0.3, -0.25) is 9.36 Å². The summed E-state index contributed by atoms with van der Waals surface area (Å²) in [4.78, 5) is 15.8. The van der Waals surface area contributed by atoms with E-state index >= 15 is 0 Å². The van der Waals surface area contributed by atoms with Gasteiger partial charge >= 0.3 is 0 Å². The second-order valence-electron chi connectivity index (χ2n) is 5.65. The Morgan fingerprint density at radius 1 is 1.37 bits per heavy atom. The van der Waals surface area contributed by atoms with E-state index in [2.05, 4.69) is 24.9 Å². The highest BCUT2D eigenvalue weighted by Gasteiger charge is 2.22. The predicted octanol–water partition coefficient (Wildman–Crippen LogP) is 3.91. The van der Waals surface area contributed by atoms with Gasteiger partial charge in [0.2, 0.25) is 0 Å². The van der Waals surface area contributed by atoms with Crippen LogP contribution < -0.4 is 5.56 Å². The zero-order valence-corrected chi connectivity index (χ0v) is 12.1. The van der Waals surface area contributed by atoms with Crippen LogP contribution in [-0.4, -0.2) is 9.55 Å². The molecular formula is C15H18N2OS. The van der Waals surface area contributed by atoms with E-state index in [-0.39, 0.29) is 5.56 Å². The van der Waals surface area contributed by atoms with Crippen molar-refractivity contribution in [2.24, 2.45) is 0 Å². The molecule has 2 aromatic rings. The number of nitrogens with one attached hydrogen (secondary N) is 1. The molecule has 0 aliphatic heterocycles. The molecule has 100 valence electrons. The largest absolute Gasteiger partial charge is 0.332 e. The molecule has 4 heteroatoms. The lowest BCUT2D eigenvalue weighted by atomic mass is 9.93. The summed E-state index contributed by atoms with van der Waals surface area (Å²) in [5.74, 6) is 0.420. The predicted molar refractivity (Wildman–Crippen MR) is 80.4 cm³/mol. The minimum Gasteiger partial charge on any atom is -0.332 e. The minimum absolute atomic E-state index is 0.0611. The Morgan fingerprint density at radius 2 is 2.11 bits per heavy atom. The quantitative estimate of drug-likeness (QED) is 0.843. The number of benzene rings is 1. The summed E-state index contributed by atoms with van der Waals surface area (Å²) < 4.78 is 2.32. The van der Waals surface area contributed by atoms with Gasteiger partial charge in [0.1, 0.15) is 0 Å². The Kier molecular flexibility index (Phi) is 3.05. The first-order chi connectivity index (χ1) is 9.08. The standard InChI is InChI=1S/C15H18N2OS/c1-9(2)10-6-7-13-12(8-10)14(18)17(15(19)16-13)11-4-3-5-11/h6-9,11H,3-5H2,1-2H3,(H,16,19). The number of hydrogen-bond donors (Lipinski definition) is 1. The van der Waals surface area contributed by atoms with Gasteiger partial charge < -0.3 is 4.98 Å². The van der Waals surface area contributed by atoms with Crippen LogP contribution in [0, 0.1) is 4.77 Å². The molecule has 1 fully saturated rings. The fraction of sp³-hybridized carbons (Fsp3) is 0.467. The average Bonchev–Trinajstić information content (AvgIpc) is 2.31. The van der Waals surface area contributed by atoms with Crippen LogP contribution in [0.25, 0.3) is 10.9 Å². The first-order valence-electron chi connectivity index (χ1n) is 6.86. The molecule has 0 radical (unpaired) electrons. The van der Waals surface area contributed by atoms with E-state index in [1.165, 1.54) is 12.0 Å². The highest BCUT2D eigenvalue weighted by atomic mass is 32.1. The SMILES string of the molecule is CC(C)c1ccc2[nH]c(=S)n(C3CCC3)c(=O)c2c1. The minimum atomic E-state index is 0.0611. The molecule has 0 amide bonds. The van der Waals surface area contributed by atoms with Crippen molar-refractivity contribution < 1.29 is 0 Å². The summed E-state index contributed by atoms with van der Waals surface area (Å²) in [6, 6.07) is 6.32. The van der Waals surface area contributed by atoms with Crippen molar-refractivity contribution >= 4 is 23.1 Å². The van der Waals surface area contributed by atoms with Crippen molar-refractivity contribution in [3.8, 4) is 0 Å². The Bertz CT molecular complexity index is 738. The Balaban J connectivity index is 2.28. The van der Waals surface area contributed by atoms with Crippen LogP contribution in [0.5, 0.6) is 0 Å². The number of fused-ring (bicyclic) bond motifs is 1. The Labute approximate surface area is 117 Å². The molecule has 1 aliphatic rings. The molecule has 1 heterocycles. The van der Waals surface area contributed by atoms with Crippen LogP contribution in [0.2, 0.25) is 0 Å². The first kappa shape index (κ1) is 12.6. The van der Waals surface area contributed by atoms with Crippen molar-refractivity contribution in [3.63, 3.8) is 0 Å². The summed E-state index contributed by atoms with van der Waals surface area (Å²) in [7, 11) is 0. The maximum Gasteiger partial charge on any atom is 0.262 e. The maximum absolute atomic E-state index is 12.6. The van der Waals surface area contributed by atoms with Crippen molar-refractivity contribution in [1.82, 2.24) is 9.55 Å². The molecule has 0 unspecified atom stereocenters. The van der Waals surface area contributed by atoms with Crippen molar-refractivity contribution in [1.29, 1.82) is 0 Å². The van der Waals surface area contributed by atoms with Gasteiger partial charge in [0.15, 0.2) is 4.77 Å². The summed E-state index contributed by atoms with van der Waals surface area (Å²) in [5, 5.41) is 0.756. The van der Waals surface area contributed by atoms with E-state index in [0.717, 1.165) is 23.7 Å². The van der Waals surface area contributed by atoms with Crippen LogP contribution in [0.4, 0.5) is 0 Å². The van der Waals surface area contributed by atoms with Crippen LogP contribution in [0.1, 0.15) is 50.6 Å². The fourth-order valence-electron chi connectivity index (χ4n) is 2.58. The second-order valence-corrected chi connectivity index (χ2v) is 6.04. The molecule has 3 rings (SSSR count). The van der Waals surface area contributed by atoms with Crippen LogP contribution >= 0.6 is 12.2 Å². The smallest absolute Gasteiger partial charge is 0.262 e. The summed E-state index contributed by atoms with van der Waals surface area (Å²) in [6.45, 7) is 4.27. The molecule has 1 saturated carbocycles. The number of H-pyrrole nitrogens is 1. The summed E-state index contributed by atoms with van der Waals surface area (Å²) in [6.07, 6.45) is 3.31. The number of nitrogens with zero attached hydrogens (tertiary/aromatic N) is 1. The number of aromatic nitrogens is 2. The molecule has 1 aromatic heterocycles. The summed E-state index contributed by atoms with van der Waals surface area (Å²) in [5.41, 5.74) is 2.09. The zero-order chi connectivity index (χ0) is 13.6. The maximum atomic E-state index is 12.6. The fourth-order valence-corrected chi connectivity index (χ4v) is 2.92. The third-order valence-corrected chi connectivity index (χ3v) is 4.36. The lowest BCUT2D eigenvalue weighted by Gasteiger charge is -2.27. The van der Waals surface area contributed by atoms with Gasteiger partial charge in [-0.2, -0.15) is 0 Å². The van der Waals surface area contributed by atoms with Gasteiger partial charge in [-0.25, -0.2) is 0 Å². The average molecular weight is 274 g/mol. The topological polar surface area (TPSA) is 37.8 Å². The third kappa shape index (κ3) is 2.04. The van der Waals surface area contributed by atoms with Gasteiger partial charge in [-0.1, -0.05) is 19.9 Å². The molecule has 1 N–H and O–H groups in total. The van der Waals surface area contributed by atoms with Crippen LogP contribution in [0.15, 0.2) is 23.0 Å². The number of hydrogen-bond acceptors (Lipinski definition) is 2. The molecule has 0 bridgehead atoms. The van der Waals surface area contributed by atoms with Gasteiger partial charge in [-0.05, 0) is 55.1 Å². The molecule has 3 nitrogen and oxygen atoms in total. The van der Waals surface area contributed by atoms with E-state index in [1.54, 1.807) is 4.57 Å². The molecule has 0 atom stereocenters. The van der Waals surface area contributed by atoms with E-state index in [1.807, 2.05) is 12.1 Å². The molecule has 0 spiro atoms. The number of rotatable bonds is 2. The normalized spacial score (nSPS) is 15.9. The van der Waals surface area contributed by atoms with Gasteiger partial charge in [0.05, 0.1) is 10.9 Å². The second kappa shape index (κ2) is 4.60. The zero-order valence-electron chi connectivity index (χ0n) is 11.3. The monoisotopic (exact) mass is 274 g/mol.